The van der Waals surface area contributed by atoms with Crippen LogP contribution in [0.4, 0.5) is 9.18 Å². The van der Waals surface area contributed by atoms with Crippen LogP contribution in [0.2, 0.25) is 0 Å². The number of rotatable bonds is 9. The molecule has 0 spiro atoms. The number of aliphatic hydroxyl groups excluding tert-OH is 3. The zero-order chi connectivity index (χ0) is 17.2. The number of hydrogen-bond acceptors (Lipinski definition) is 6. The summed E-state index contributed by atoms with van der Waals surface area (Å²) < 4.78 is 22.3. The van der Waals surface area contributed by atoms with Gasteiger partial charge in [0.25, 0.3) is 0 Å². The number of hydrogen-bond donors (Lipinski definition) is 5. The van der Waals surface area contributed by atoms with E-state index in [9.17, 15) is 19.4 Å². The van der Waals surface area contributed by atoms with Crippen molar-refractivity contribution >= 4 is 6.03 Å². The lowest BCUT2D eigenvalue weighted by molar-refractivity contribution is -0.261. The summed E-state index contributed by atoms with van der Waals surface area (Å²) in [6.45, 7) is -0.389. The number of carbonyl (C=O) groups is 1. The number of urea groups is 1. The van der Waals surface area contributed by atoms with Gasteiger partial charge in [0, 0.05) is 13.7 Å². The van der Waals surface area contributed by atoms with Crippen LogP contribution in [0.15, 0.2) is 0 Å². The molecule has 1 aliphatic heterocycles. The van der Waals surface area contributed by atoms with Gasteiger partial charge in [-0.2, -0.15) is 0 Å². The lowest BCUT2D eigenvalue weighted by Gasteiger charge is -2.41. The molecule has 8 nitrogen and oxygen atoms in total. The number of amides is 2. The SMILES string of the molecule is CO[C@@H]1O[C@H](CO)[C@@H](O)[C@H](O)[C@H]1NC(=O)NCCCCCC[18F]. The van der Waals surface area contributed by atoms with Gasteiger partial charge in [-0.05, 0) is 12.8 Å². The van der Waals surface area contributed by atoms with Gasteiger partial charge in [0.15, 0.2) is 6.29 Å². The van der Waals surface area contributed by atoms with Crippen molar-refractivity contribution in [1.29, 1.82) is 0 Å². The summed E-state index contributed by atoms with van der Waals surface area (Å²) in [5.74, 6) is 0. The molecule has 0 aromatic carbocycles. The fraction of sp³-hybridized carbons (Fsp3) is 0.929. The van der Waals surface area contributed by atoms with Crippen LogP contribution in [0.3, 0.4) is 0 Å². The van der Waals surface area contributed by atoms with Crippen LogP contribution in [-0.4, -0.2) is 78.9 Å². The maximum atomic E-state index is 11.9. The molecule has 5 atom stereocenters. The predicted molar refractivity (Wildman–Crippen MR) is 79.5 cm³/mol. The Morgan fingerprint density at radius 1 is 1.22 bits per heavy atom. The maximum Gasteiger partial charge on any atom is 0.315 e. The molecular weight excluding hydrogens is 310 g/mol. The lowest BCUT2D eigenvalue weighted by Crippen LogP contribution is -2.65. The Labute approximate surface area is 135 Å². The topological polar surface area (TPSA) is 120 Å². The smallest absolute Gasteiger partial charge is 0.315 e. The number of methoxy groups -OCH3 is 1. The van der Waals surface area contributed by atoms with E-state index in [1.54, 1.807) is 0 Å². The number of aliphatic hydroxyl groups is 3. The second-order valence-electron chi connectivity index (χ2n) is 5.47. The monoisotopic (exact) mass is 337 g/mol. The Balaban J connectivity index is 2.39. The molecule has 0 aliphatic carbocycles. The van der Waals surface area contributed by atoms with Crippen LogP contribution in [-0.2, 0) is 9.47 Å². The molecule has 136 valence electrons. The Hall–Kier alpha value is -1.00. The van der Waals surface area contributed by atoms with E-state index in [1.165, 1.54) is 7.11 Å². The average Bonchev–Trinajstić information content (AvgIpc) is 2.55. The third-order valence-electron chi connectivity index (χ3n) is 3.76. The molecule has 1 heterocycles. The molecule has 23 heavy (non-hydrogen) atoms. The van der Waals surface area contributed by atoms with Gasteiger partial charge >= 0.3 is 6.03 Å². The minimum Gasteiger partial charge on any atom is -0.394 e. The fourth-order valence-electron chi connectivity index (χ4n) is 2.41. The van der Waals surface area contributed by atoms with Crippen molar-refractivity contribution < 1.29 is 34.0 Å². The summed E-state index contributed by atoms with van der Waals surface area (Å²) in [6, 6.07) is -1.50. The second-order valence-corrected chi connectivity index (χ2v) is 5.47. The molecule has 1 saturated heterocycles. The fourth-order valence-corrected chi connectivity index (χ4v) is 2.41. The van der Waals surface area contributed by atoms with Crippen molar-refractivity contribution in [2.24, 2.45) is 0 Å². The largest absolute Gasteiger partial charge is 0.394 e. The van der Waals surface area contributed by atoms with Gasteiger partial charge < -0.3 is 35.4 Å². The summed E-state index contributed by atoms with van der Waals surface area (Å²) in [5, 5.41) is 34.1. The van der Waals surface area contributed by atoms with E-state index in [2.05, 4.69) is 10.6 Å². The van der Waals surface area contributed by atoms with Crippen LogP contribution in [0.5, 0.6) is 0 Å². The van der Waals surface area contributed by atoms with E-state index >= 15 is 0 Å². The molecule has 0 aromatic rings. The van der Waals surface area contributed by atoms with Crippen LogP contribution in [0, 0.1) is 0 Å². The summed E-state index contributed by atoms with van der Waals surface area (Å²) >= 11 is 0. The normalized spacial score (nSPS) is 30.9. The molecule has 0 aromatic heterocycles. The molecule has 1 aliphatic rings. The van der Waals surface area contributed by atoms with Gasteiger partial charge in [-0.3, -0.25) is 4.39 Å². The zero-order valence-electron chi connectivity index (χ0n) is 13.3. The third kappa shape index (κ3) is 6.19. The van der Waals surface area contributed by atoms with Crippen molar-refractivity contribution in [3.63, 3.8) is 0 Å². The summed E-state index contributed by atoms with van der Waals surface area (Å²) in [4.78, 5) is 11.8. The zero-order valence-corrected chi connectivity index (χ0v) is 13.3. The van der Waals surface area contributed by atoms with Gasteiger partial charge in [0.2, 0.25) is 0 Å². The van der Waals surface area contributed by atoms with Gasteiger partial charge in [-0.1, -0.05) is 12.8 Å². The summed E-state index contributed by atoms with van der Waals surface area (Å²) in [6.07, 6.45) is -1.80. The number of halogens is 1. The minimum atomic E-state index is -1.34. The molecule has 0 radical (unpaired) electrons. The van der Waals surface area contributed by atoms with E-state index < -0.39 is 43.3 Å². The Morgan fingerprint density at radius 3 is 2.52 bits per heavy atom. The third-order valence-corrected chi connectivity index (χ3v) is 3.76. The predicted octanol–water partition coefficient (Wildman–Crippen LogP) is -0.731. The molecular formula is C14H27FN2O6. The number of nitrogens with one attached hydrogen (secondary N) is 2. The molecule has 0 bridgehead atoms. The molecule has 1 rings (SSSR count). The molecule has 9 heteroatoms. The first-order valence-electron chi connectivity index (χ1n) is 7.80. The first kappa shape index (κ1) is 20.0. The Morgan fingerprint density at radius 2 is 1.91 bits per heavy atom. The summed E-state index contributed by atoms with van der Waals surface area (Å²) in [5.41, 5.74) is 0. The molecule has 0 unspecified atom stereocenters. The van der Waals surface area contributed by atoms with Crippen molar-refractivity contribution in [3.8, 4) is 0 Å². The first-order chi connectivity index (χ1) is 11.0. The lowest BCUT2D eigenvalue weighted by atomic mass is 9.97. The highest BCUT2D eigenvalue weighted by molar-refractivity contribution is 5.74. The molecule has 1 fully saturated rings. The maximum absolute atomic E-state index is 11.9. The standard InChI is InChI=1S/C14H27FN2O6/c1-22-13-10(12(20)11(19)9(8-18)23-13)17-14(21)16-7-5-3-2-4-6-15/h9-13,18-20H,2-8H2,1H3,(H2,16,17,21)/t9-,10-,11-,12-,13-/m1/s1/i15-1. The highest BCUT2D eigenvalue weighted by Crippen LogP contribution is 2.21. The highest BCUT2D eigenvalue weighted by atomic mass is 18.2. The van der Waals surface area contributed by atoms with Crippen LogP contribution in [0.25, 0.3) is 0 Å². The number of unbranched alkanes of at least 4 members (excludes halogenated alkanes) is 3. The van der Waals surface area contributed by atoms with Crippen molar-refractivity contribution in [2.45, 2.75) is 56.3 Å². The summed E-state index contributed by atoms with van der Waals surface area (Å²) in [7, 11) is 1.33. The van der Waals surface area contributed by atoms with Gasteiger partial charge in [-0.15, -0.1) is 0 Å². The van der Waals surface area contributed by atoms with Crippen LogP contribution < -0.4 is 10.6 Å². The Bertz CT molecular complexity index is 347. The van der Waals surface area contributed by atoms with E-state index in [0.29, 0.717) is 13.0 Å². The van der Waals surface area contributed by atoms with Crippen LogP contribution in [0.1, 0.15) is 25.7 Å². The number of alkyl halides is 1. The number of ether oxygens (including phenoxy) is 2. The van der Waals surface area contributed by atoms with Crippen molar-refractivity contribution in [2.75, 3.05) is 26.9 Å². The van der Waals surface area contributed by atoms with Crippen molar-refractivity contribution in [1.82, 2.24) is 10.6 Å². The van der Waals surface area contributed by atoms with Crippen LogP contribution >= 0.6 is 0 Å². The van der Waals surface area contributed by atoms with E-state index in [1.807, 2.05) is 0 Å². The average molecular weight is 337 g/mol. The molecule has 5 N–H and O–H groups in total. The van der Waals surface area contributed by atoms with E-state index in [0.717, 1.165) is 19.3 Å². The highest BCUT2D eigenvalue weighted by Gasteiger charge is 2.45. The van der Waals surface area contributed by atoms with Gasteiger partial charge in [0.1, 0.15) is 24.4 Å². The van der Waals surface area contributed by atoms with Crippen molar-refractivity contribution in [3.05, 3.63) is 0 Å². The first-order valence-corrected chi connectivity index (χ1v) is 7.80. The van der Waals surface area contributed by atoms with E-state index in [-0.39, 0.29) is 6.67 Å². The number of carbonyl (C=O) groups excluding carboxylic acids is 1. The Kier molecular flexibility index (Phi) is 9.34. The molecule has 2 amide bonds. The van der Waals surface area contributed by atoms with Gasteiger partial charge in [0.05, 0.1) is 13.3 Å². The molecule has 0 saturated carbocycles. The quantitative estimate of drug-likeness (QED) is 0.354. The minimum absolute atomic E-state index is 0.330. The van der Waals surface area contributed by atoms with E-state index in [4.69, 9.17) is 14.6 Å². The second kappa shape index (κ2) is 10.7. The van der Waals surface area contributed by atoms with Gasteiger partial charge in [-0.25, -0.2) is 4.79 Å².